The van der Waals surface area contributed by atoms with Gasteiger partial charge in [-0.1, -0.05) is 39.0 Å². The molecule has 0 aliphatic heterocycles. The van der Waals surface area contributed by atoms with Gasteiger partial charge in [-0.2, -0.15) is 0 Å². The number of unbranched alkanes of at least 4 members (excludes halogenated alkanes) is 4. The maximum atomic E-state index is 9.71. The van der Waals surface area contributed by atoms with E-state index < -0.39 is 0 Å². The van der Waals surface area contributed by atoms with Crippen LogP contribution in [0.25, 0.3) is 0 Å². The molecule has 0 amide bonds. The van der Waals surface area contributed by atoms with E-state index in [1.807, 2.05) is 5.38 Å². The van der Waals surface area contributed by atoms with Crippen molar-refractivity contribution in [2.45, 2.75) is 51.6 Å². The molecule has 1 heterocycles. The van der Waals surface area contributed by atoms with Crippen LogP contribution in [0.4, 0.5) is 0 Å². The third kappa shape index (κ3) is 4.20. The summed E-state index contributed by atoms with van der Waals surface area (Å²) in [5.74, 6) is 0. The summed E-state index contributed by atoms with van der Waals surface area (Å²) in [6.45, 7) is 2.21. The van der Waals surface area contributed by atoms with Gasteiger partial charge in [0, 0.05) is 11.6 Å². The number of aromatic nitrogens is 1. The first kappa shape index (κ1) is 11.7. The van der Waals surface area contributed by atoms with E-state index in [0.717, 1.165) is 17.8 Å². The van der Waals surface area contributed by atoms with E-state index in [-0.39, 0.29) is 6.10 Å². The van der Waals surface area contributed by atoms with Gasteiger partial charge in [0.2, 0.25) is 0 Å². The Bertz CT molecular complexity index is 223. The molecule has 0 aliphatic rings. The summed E-state index contributed by atoms with van der Waals surface area (Å²) in [5.41, 5.74) is 0. The number of aliphatic hydroxyl groups excluding tert-OH is 1. The predicted molar refractivity (Wildman–Crippen MR) is 60.4 cm³/mol. The number of aliphatic hydroxyl groups is 1. The molecule has 14 heavy (non-hydrogen) atoms. The van der Waals surface area contributed by atoms with Gasteiger partial charge in [0.05, 0.1) is 0 Å². The molecule has 1 aromatic heterocycles. The monoisotopic (exact) mass is 213 g/mol. The maximum absolute atomic E-state index is 9.71. The van der Waals surface area contributed by atoms with E-state index in [9.17, 15) is 5.11 Å². The molecular formula is C11H19NOS. The van der Waals surface area contributed by atoms with Crippen molar-refractivity contribution in [3.8, 4) is 0 Å². The quantitative estimate of drug-likeness (QED) is 0.703. The number of hydrogen-bond acceptors (Lipinski definition) is 3. The normalized spacial score (nSPS) is 13.0. The van der Waals surface area contributed by atoms with Gasteiger partial charge in [-0.05, 0) is 6.42 Å². The van der Waals surface area contributed by atoms with Gasteiger partial charge in [-0.15, -0.1) is 11.3 Å². The van der Waals surface area contributed by atoms with Crippen molar-refractivity contribution in [3.05, 3.63) is 16.6 Å². The largest absolute Gasteiger partial charge is 0.386 e. The standard InChI is InChI=1S/C11H19NOS/c1-2-3-4-5-6-7-10(13)11-12-8-9-14-11/h8-10,13H,2-7H2,1H3. The van der Waals surface area contributed by atoms with Crippen LogP contribution >= 0.6 is 11.3 Å². The molecule has 0 saturated carbocycles. The van der Waals surface area contributed by atoms with Crippen molar-refractivity contribution in [2.24, 2.45) is 0 Å². The highest BCUT2D eigenvalue weighted by molar-refractivity contribution is 7.09. The number of rotatable bonds is 7. The molecule has 0 fully saturated rings. The lowest BCUT2D eigenvalue weighted by atomic mass is 10.1. The molecule has 1 unspecified atom stereocenters. The Balaban J connectivity index is 2.07. The molecule has 1 aromatic rings. The first-order valence-corrected chi connectivity index (χ1v) is 6.30. The second kappa shape index (κ2) is 6.96. The zero-order valence-electron chi connectivity index (χ0n) is 8.78. The second-order valence-electron chi connectivity index (χ2n) is 3.59. The summed E-state index contributed by atoms with van der Waals surface area (Å²) in [6.07, 6.45) is 8.49. The summed E-state index contributed by atoms with van der Waals surface area (Å²) in [5, 5.41) is 12.5. The highest BCUT2D eigenvalue weighted by Gasteiger charge is 2.08. The molecule has 1 rings (SSSR count). The molecule has 1 atom stereocenters. The smallest absolute Gasteiger partial charge is 0.121 e. The first-order valence-electron chi connectivity index (χ1n) is 5.42. The van der Waals surface area contributed by atoms with E-state index in [1.54, 1.807) is 6.20 Å². The lowest BCUT2D eigenvalue weighted by Gasteiger charge is -2.06. The topological polar surface area (TPSA) is 33.1 Å². The Kier molecular flexibility index (Phi) is 5.80. The van der Waals surface area contributed by atoms with E-state index in [1.165, 1.54) is 37.0 Å². The van der Waals surface area contributed by atoms with Gasteiger partial charge in [-0.25, -0.2) is 4.98 Å². The third-order valence-electron chi connectivity index (χ3n) is 2.32. The minimum absolute atomic E-state index is 0.336. The lowest BCUT2D eigenvalue weighted by molar-refractivity contribution is 0.163. The van der Waals surface area contributed by atoms with Crippen LogP contribution in [-0.4, -0.2) is 10.1 Å². The maximum Gasteiger partial charge on any atom is 0.121 e. The highest BCUT2D eigenvalue weighted by atomic mass is 32.1. The van der Waals surface area contributed by atoms with Crippen LogP contribution in [0.3, 0.4) is 0 Å². The fourth-order valence-corrected chi connectivity index (χ4v) is 2.12. The zero-order valence-corrected chi connectivity index (χ0v) is 9.59. The molecule has 2 nitrogen and oxygen atoms in total. The van der Waals surface area contributed by atoms with Gasteiger partial charge < -0.3 is 5.11 Å². The summed E-state index contributed by atoms with van der Waals surface area (Å²) < 4.78 is 0. The van der Waals surface area contributed by atoms with Crippen LogP contribution < -0.4 is 0 Å². The fourth-order valence-electron chi connectivity index (χ4n) is 1.46. The lowest BCUT2D eigenvalue weighted by Crippen LogP contribution is -1.96. The van der Waals surface area contributed by atoms with Crippen molar-refractivity contribution in [1.29, 1.82) is 0 Å². The summed E-state index contributed by atoms with van der Waals surface area (Å²) >= 11 is 1.54. The summed E-state index contributed by atoms with van der Waals surface area (Å²) in [4.78, 5) is 4.10. The van der Waals surface area contributed by atoms with E-state index in [4.69, 9.17) is 0 Å². The zero-order chi connectivity index (χ0) is 10.2. The highest BCUT2D eigenvalue weighted by Crippen LogP contribution is 2.21. The van der Waals surface area contributed by atoms with Crippen LogP contribution in [0, 0.1) is 0 Å². The van der Waals surface area contributed by atoms with Crippen molar-refractivity contribution in [1.82, 2.24) is 4.98 Å². The van der Waals surface area contributed by atoms with E-state index in [2.05, 4.69) is 11.9 Å². The second-order valence-corrected chi connectivity index (χ2v) is 4.52. The SMILES string of the molecule is CCCCCCCC(O)c1nccs1. The Morgan fingerprint density at radius 1 is 1.36 bits per heavy atom. The van der Waals surface area contributed by atoms with Crippen LogP contribution in [0.5, 0.6) is 0 Å². The third-order valence-corrected chi connectivity index (χ3v) is 3.19. The summed E-state index contributed by atoms with van der Waals surface area (Å²) in [6, 6.07) is 0. The molecule has 0 aromatic carbocycles. The van der Waals surface area contributed by atoms with Gasteiger partial charge >= 0.3 is 0 Å². The molecule has 1 N–H and O–H groups in total. The Hall–Kier alpha value is -0.410. The van der Waals surface area contributed by atoms with Gasteiger partial charge in [0.1, 0.15) is 11.1 Å². The summed E-state index contributed by atoms with van der Waals surface area (Å²) in [7, 11) is 0. The number of nitrogens with zero attached hydrogens (tertiary/aromatic N) is 1. The fraction of sp³-hybridized carbons (Fsp3) is 0.727. The minimum Gasteiger partial charge on any atom is -0.386 e. The molecule has 80 valence electrons. The predicted octanol–water partition coefficient (Wildman–Crippen LogP) is 3.54. The molecule has 0 radical (unpaired) electrons. The first-order chi connectivity index (χ1) is 6.84. The van der Waals surface area contributed by atoms with E-state index in [0.29, 0.717) is 0 Å². The molecular weight excluding hydrogens is 194 g/mol. The number of thiazole rings is 1. The van der Waals surface area contributed by atoms with Crippen LogP contribution in [0.2, 0.25) is 0 Å². The van der Waals surface area contributed by atoms with Gasteiger partial charge in [0.15, 0.2) is 0 Å². The molecule has 3 heteroatoms. The molecule has 0 bridgehead atoms. The number of hydrogen-bond donors (Lipinski definition) is 1. The van der Waals surface area contributed by atoms with Gasteiger partial charge in [0.25, 0.3) is 0 Å². The molecule has 0 aliphatic carbocycles. The van der Waals surface area contributed by atoms with Gasteiger partial charge in [-0.3, -0.25) is 0 Å². The Morgan fingerprint density at radius 3 is 2.79 bits per heavy atom. The minimum atomic E-state index is -0.336. The van der Waals surface area contributed by atoms with Crippen LogP contribution in [0.1, 0.15) is 56.6 Å². The van der Waals surface area contributed by atoms with E-state index >= 15 is 0 Å². The average Bonchev–Trinajstić information content (AvgIpc) is 2.70. The van der Waals surface area contributed by atoms with Crippen molar-refractivity contribution < 1.29 is 5.11 Å². The van der Waals surface area contributed by atoms with Crippen molar-refractivity contribution in [2.75, 3.05) is 0 Å². The average molecular weight is 213 g/mol. The Morgan fingerprint density at radius 2 is 2.14 bits per heavy atom. The van der Waals surface area contributed by atoms with Crippen LogP contribution in [0.15, 0.2) is 11.6 Å². The van der Waals surface area contributed by atoms with Crippen molar-refractivity contribution >= 4 is 11.3 Å². The Labute approximate surface area is 90.0 Å². The van der Waals surface area contributed by atoms with Crippen LogP contribution in [-0.2, 0) is 0 Å². The van der Waals surface area contributed by atoms with Crippen molar-refractivity contribution in [3.63, 3.8) is 0 Å². The molecule has 0 spiro atoms. The molecule has 0 saturated heterocycles.